The van der Waals surface area contributed by atoms with E-state index < -0.39 is 53.0 Å². The van der Waals surface area contributed by atoms with Gasteiger partial charge in [-0.3, -0.25) is 24.0 Å². The molecule has 4 rings (SSSR count). The molecule has 5 atom stereocenters. The van der Waals surface area contributed by atoms with E-state index in [9.17, 15) is 28.8 Å². The number of carbonyl (C=O) groups excluding carboxylic acids is 6. The Morgan fingerprint density at radius 2 is 1.49 bits per heavy atom. The monoisotopic (exact) mass is 758 g/mol. The first-order valence-electron chi connectivity index (χ1n) is 19.8. The van der Waals surface area contributed by atoms with Crippen molar-refractivity contribution >= 4 is 44.0 Å². The molecule has 5 N–H and O–H groups in total. The van der Waals surface area contributed by atoms with E-state index in [0.717, 1.165) is 50.5 Å². The molecule has 1 saturated heterocycles. The molecule has 0 bridgehead atoms. The molecule has 1 aliphatic heterocycles. The molecular weight excluding hydrogens is 691 g/mol. The number of likely N-dealkylation sites (tertiary alicyclic amines) is 1. The molecule has 5 unspecified atom stereocenters. The van der Waals surface area contributed by atoms with Crippen molar-refractivity contribution in [2.45, 2.75) is 155 Å². The lowest BCUT2D eigenvalue weighted by Gasteiger charge is -2.37. The van der Waals surface area contributed by atoms with E-state index in [4.69, 9.17) is 5.73 Å². The highest BCUT2D eigenvalue weighted by Gasteiger charge is 2.43. The smallest absolute Gasteiger partial charge is 0.316 e. The summed E-state index contributed by atoms with van der Waals surface area (Å²) in [5, 5.41) is 8.60. The van der Waals surface area contributed by atoms with Gasteiger partial charge in [0.2, 0.25) is 23.5 Å². The molecule has 1 heterocycles. The summed E-state index contributed by atoms with van der Waals surface area (Å²) in [6.07, 6.45) is 9.14. The van der Waals surface area contributed by atoms with Gasteiger partial charge < -0.3 is 31.5 Å². The van der Waals surface area contributed by atoms with Gasteiger partial charge in [-0.05, 0) is 67.5 Å². The van der Waals surface area contributed by atoms with E-state index >= 15 is 0 Å². The Hall–Kier alpha value is -3.53. The Balaban J connectivity index is 0.00000185. The molecule has 0 aromatic heterocycles. The molecule has 298 valence electrons. The number of carbonyl (C=O) groups is 6. The van der Waals surface area contributed by atoms with Crippen molar-refractivity contribution in [2.24, 2.45) is 17.1 Å². The van der Waals surface area contributed by atoms with Crippen LogP contribution in [0, 0.1) is 11.3 Å². The van der Waals surface area contributed by atoms with Crippen molar-refractivity contribution in [1.82, 2.24) is 25.8 Å². The number of hydrogen-bond donors (Lipinski definition) is 4. The first kappa shape index (κ1) is 45.6. The van der Waals surface area contributed by atoms with Gasteiger partial charge in [0.25, 0.3) is 5.91 Å². The van der Waals surface area contributed by atoms with Gasteiger partial charge >= 0.3 is 6.03 Å². The average Bonchev–Trinajstić information content (AvgIpc) is 3.84. The zero-order valence-corrected chi connectivity index (χ0v) is 34.5. The minimum Gasteiger partial charge on any atom is -0.363 e. The number of amides is 6. The minimum absolute atomic E-state index is 0.0522. The van der Waals surface area contributed by atoms with Crippen molar-refractivity contribution in [3.63, 3.8) is 0 Å². The Labute approximate surface area is 319 Å². The van der Waals surface area contributed by atoms with E-state index in [0.29, 0.717) is 32.4 Å². The third-order valence-electron chi connectivity index (χ3n) is 10.1. The Morgan fingerprint density at radius 1 is 0.887 bits per heavy atom. The van der Waals surface area contributed by atoms with Crippen molar-refractivity contribution in [3.8, 4) is 0 Å². The topological polar surface area (TPSA) is 171 Å². The lowest BCUT2D eigenvalue weighted by atomic mass is 9.81. The summed E-state index contributed by atoms with van der Waals surface area (Å²) < 4.78 is 0. The second kappa shape index (κ2) is 22.6. The third-order valence-corrected chi connectivity index (χ3v) is 11.9. The number of nitrogens with two attached hydrogens (primary N) is 1. The summed E-state index contributed by atoms with van der Waals surface area (Å²) in [5.74, 6) is -4.10. The number of ketones is 1. The van der Waals surface area contributed by atoms with Gasteiger partial charge in [-0.1, -0.05) is 113 Å². The summed E-state index contributed by atoms with van der Waals surface area (Å²) in [4.78, 5) is 82.7. The van der Waals surface area contributed by atoms with Crippen LogP contribution in [0.15, 0.2) is 30.3 Å². The van der Waals surface area contributed by atoms with Crippen LogP contribution in [-0.4, -0.2) is 88.4 Å². The largest absolute Gasteiger partial charge is 0.363 e. The van der Waals surface area contributed by atoms with Gasteiger partial charge in [-0.15, -0.1) is 0 Å². The number of nitrogens with one attached hydrogen (secondary N) is 3. The van der Waals surface area contributed by atoms with Crippen molar-refractivity contribution in [3.05, 3.63) is 35.9 Å². The maximum Gasteiger partial charge on any atom is 0.316 e. The molecule has 1 aromatic carbocycles. The van der Waals surface area contributed by atoms with Gasteiger partial charge in [0.15, 0.2) is 0 Å². The van der Waals surface area contributed by atoms with Crippen LogP contribution in [0.1, 0.15) is 125 Å². The first-order chi connectivity index (χ1) is 25.2. The van der Waals surface area contributed by atoms with E-state index in [1.807, 2.05) is 65.0 Å². The standard InChI is InChI=1S/C35H53N6O6P.C3H8.C2H6/c1-5-35(2,3)28(33(46)40(4)21-22-13-8-6-9-14-22)38-34(47)37-26(23-15-10-7-11-16-23)32(45)41-20-12-17-25(41)30(44)39-31(27(42)29(36)43)48-24-18-19-24;1-3-2;1-2/h6,8-9,13-14,23-26,28,31,48H,5,7,10-12,15-21H2,1-4H3,(H2,36,43)(H,39,44)(H2,37,38,47);3H2,1-2H3;1-2H3. The molecule has 2 saturated carbocycles. The third kappa shape index (κ3) is 14.0. The molecule has 1 aromatic rings. The summed E-state index contributed by atoms with van der Waals surface area (Å²) >= 11 is 0. The van der Waals surface area contributed by atoms with Crippen molar-refractivity contribution < 1.29 is 28.8 Å². The SMILES string of the molecule is CC.CCC.CCC(C)(C)C(NC(=O)NC(C(=O)N1CCCC1C(=O)NC(PC1CC1)C(=O)C(N)=O)C1CCCCC1)C(=O)N(C)Cc1ccccc1. The molecule has 2 aliphatic carbocycles. The Morgan fingerprint density at radius 3 is 2.04 bits per heavy atom. The summed E-state index contributed by atoms with van der Waals surface area (Å²) in [6.45, 7) is 14.8. The number of rotatable bonds is 15. The highest BCUT2D eigenvalue weighted by Crippen LogP contribution is 2.42. The predicted molar refractivity (Wildman–Crippen MR) is 212 cm³/mol. The molecule has 3 aliphatic rings. The van der Waals surface area contributed by atoms with Gasteiger partial charge in [-0.2, -0.15) is 0 Å². The van der Waals surface area contributed by atoms with Gasteiger partial charge in [0.1, 0.15) is 23.9 Å². The number of hydrogen-bond acceptors (Lipinski definition) is 6. The van der Waals surface area contributed by atoms with Crippen molar-refractivity contribution in [2.75, 3.05) is 13.6 Å². The maximum atomic E-state index is 14.3. The van der Waals surface area contributed by atoms with E-state index in [1.165, 1.54) is 11.3 Å². The zero-order chi connectivity index (χ0) is 39.7. The highest BCUT2D eigenvalue weighted by molar-refractivity contribution is 7.41. The molecule has 0 radical (unpaired) electrons. The minimum atomic E-state index is -1.09. The average molecular weight is 759 g/mol. The van der Waals surface area contributed by atoms with Crippen LogP contribution in [0.5, 0.6) is 0 Å². The van der Waals surface area contributed by atoms with Crippen LogP contribution in [0.2, 0.25) is 0 Å². The van der Waals surface area contributed by atoms with Crippen molar-refractivity contribution in [1.29, 1.82) is 0 Å². The highest BCUT2D eigenvalue weighted by atomic mass is 31.1. The number of primary amides is 1. The number of urea groups is 1. The molecular formula is C40H67N6O6P. The molecule has 12 nitrogen and oxygen atoms in total. The first-order valence-corrected chi connectivity index (χ1v) is 21.0. The van der Waals surface area contributed by atoms with Crippen LogP contribution in [0.3, 0.4) is 0 Å². The Bertz CT molecular complexity index is 1350. The van der Waals surface area contributed by atoms with Crippen LogP contribution in [-0.2, 0) is 30.5 Å². The van der Waals surface area contributed by atoms with E-state index in [-0.39, 0.29) is 32.0 Å². The molecule has 13 heteroatoms. The fraction of sp³-hybridized carbons (Fsp3) is 0.700. The van der Waals surface area contributed by atoms with Gasteiger partial charge in [-0.25, -0.2) is 4.79 Å². The number of benzene rings is 1. The molecule has 53 heavy (non-hydrogen) atoms. The number of Topliss-reactive ketones (excluding diaryl/α,β-unsaturated/α-hetero) is 1. The lowest BCUT2D eigenvalue weighted by Crippen LogP contribution is -2.61. The van der Waals surface area contributed by atoms with Gasteiger partial charge in [0, 0.05) is 20.1 Å². The van der Waals surface area contributed by atoms with Crippen LogP contribution < -0.4 is 21.7 Å². The molecule has 3 fully saturated rings. The zero-order valence-electron chi connectivity index (χ0n) is 33.5. The maximum absolute atomic E-state index is 14.3. The molecule has 0 spiro atoms. The summed E-state index contributed by atoms with van der Waals surface area (Å²) in [7, 11) is 1.77. The second-order valence-corrected chi connectivity index (χ2v) is 16.7. The van der Waals surface area contributed by atoms with Gasteiger partial charge in [0.05, 0.1) is 0 Å². The molecule has 6 amide bonds. The van der Waals surface area contributed by atoms with Crippen LogP contribution in [0.25, 0.3) is 0 Å². The fourth-order valence-corrected chi connectivity index (χ4v) is 8.14. The normalized spacial score (nSPS) is 19.0. The summed E-state index contributed by atoms with van der Waals surface area (Å²) in [5.41, 5.74) is 5.95. The predicted octanol–water partition coefficient (Wildman–Crippen LogP) is 5.47. The van der Waals surface area contributed by atoms with E-state index in [2.05, 4.69) is 29.8 Å². The van der Waals surface area contributed by atoms with Crippen LogP contribution >= 0.6 is 8.58 Å². The lowest BCUT2D eigenvalue weighted by molar-refractivity contribution is -0.142. The summed E-state index contributed by atoms with van der Waals surface area (Å²) in [6, 6.07) is 6.45. The van der Waals surface area contributed by atoms with E-state index in [1.54, 1.807) is 11.9 Å². The number of likely N-dealkylation sites (N-methyl/N-ethyl adjacent to an activating group) is 1. The Kier molecular flexibility index (Phi) is 19.5. The van der Waals surface area contributed by atoms with Crippen LogP contribution in [0.4, 0.5) is 4.79 Å². The fourth-order valence-electron chi connectivity index (χ4n) is 6.64. The quantitative estimate of drug-likeness (QED) is 0.137. The second-order valence-electron chi connectivity index (χ2n) is 15.0. The number of nitrogens with zero attached hydrogens (tertiary/aromatic N) is 2.